The first kappa shape index (κ1) is 17.3. The number of carbonyl (C=O) groups excluding carboxylic acids is 1. The van der Waals surface area contributed by atoms with E-state index in [9.17, 15) is 9.59 Å². The number of carboxylic acid groups (broad SMARTS) is 1. The van der Waals surface area contributed by atoms with E-state index in [4.69, 9.17) is 14.6 Å². The molecule has 1 saturated heterocycles. The summed E-state index contributed by atoms with van der Waals surface area (Å²) in [6.45, 7) is 5.01. The van der Waals surface area contributed by atoms with Crippen LogP contribution in [-0.4, -0.2) is 79.4 Å². The Bertz CT molecular complexity index is 658. The molecule has 3 rings (SSSR count). The first-order valence-corrected chi connectivity index (χ1v) is 8.32. The molecule has 2 amide bonds. The van der Waals surface area contributed by atoms with Crippen molar-refractivity contribution in [2.75, 3.05) is 51.3 Å². The molecule has 0 spiro atoms. The van der Waals surface area contributed by atoms with Crippen LogP contribution in [0.1, 0.15) is 6.92 Å². The second-order valence-corrected chi connectivity index (χ2v) is 6.31. The molecule has 1 aromatic rings. The molecule has 1 atom stereocenters. The van der Waals surface area contributed by atoms with Crippen molar-refractivity contribution in [3.63, 3.8) is 0 Å². The van der Waals surface area contributed by atoms with Crippen LogP contribution in [0.5, 0.6) is 11.5 Å². The summed E-state index contributed by atoms with van der Waals surface area (Å²) < 4.78 is 10.8. The van der Waals surface area contributed by atoms with Crippen LogP contribution in [0.15, 0.2) is 18.2 Å². The quantitative estimate of drug-likeness (QED) is 0.877. The molecule has 2 aliphatic heterocycles. The zero-order valence-corrected chi connectivity index (χ0v) is 14.5. The van der Waals surface area contributed by atoms with Crippen LogP contribution in [-0.2, 0) is 4.79 Å². The molecule has 136 valence electrons. The molecule has 0 bridgehead atoms. The van der Waals surface area contributed by atoms with Gasteiger partial charge in [0.2, 0.25) is 0 Å². The van der Waals surface area contributed by atoms with Gasteiger partial charge in [-0.2, -0.15) is 0 Å². The summed E-state index contributed by atoms with van der Waals surface area (Å²) in [5.41, 5.74) is 0.715. The van der Waals surface area contributed by atoms with Gasteiger partial charge in [-0.25, -0.2) is 4.79 Å². The monoisotopic (exact) mass is 349 g/mol. The van der Waals surface area contributed by atoms with Gasteiger partial charge in [0.05, 0.1) is 12.8 Å². The number of nitrogens with zero attached hydrogens (tertiary/aromatic N) is 3. The Morgan fingerprint density at radius 3 is 2.68 bits per heavy atom. The number of methoxy groups -OCH3 is 1. The summed E-state index contributed by atoms with van der Waals surface area (Å²) in [5.74, 6) is 1.25. The molecular formula is C17H23N3O5. The van der Waals surface area contributed by atoms with Crippen LogP contribution in [0, 0.1) is 0 Å². The highest BCUT2D eigenvalue weighted by atomic mass is 16.5. The Hall–Kier alpha value is -2.48. The van der Waals surface area contributed by atoms with Crippen molar-refractivity contribution in [2.24, 2.45) is 0 Å². The fourth-order valence-electron chi connectivity index (χ4n) is 3.34. The first-order chi connectivity index (χ1) is 12.0. The van der Waals surface area contributed by atoms with E-state index in [0.717, 1.165) is 0 Å². The van der Waals surface area contributed by atoms with Gasteiger partial charge in [-0.15, -0.1) is 0 Å². The van der Waals surface area contributed by atoms with Gasteiger partial charge in [0.25, 0.3) is 5.91 Å². The first-order valence-electron chi connectivity index (χ1n) is 8.32. The summed E-state index contributed by atoms with van der Waals surface area (Å²) in [5, 5.41) is 9.03. The van der Waals surface area contributed by atoms with Crippen molar-refractivity contribution < 1.29 is 24.2 Å². The third-order valence-electron chi connectivity index (χ3n) is 4.65. The summed E-state index contributed by atoms with van der Waals surface area (Å²) in [7, 11) is 1.59. The largest absolute Gasteiger partial charge is 0.497 e. The minimum Gasteiger partial charge on any atom is -0.497 e. The highest BCUT2D eigenvalue weighted by molar-refractivity contribution is 5.98. The van der Waals surface area contributed by atoms with Crippen molar-refractivity contribution >= 4 is 17.7 Å². The molecule has 1 fully saturated rings. The fraction of sp³-hybridized carbons (Fsp3) is 0.529. The van der Waals surface area contributed by atoms with Crippen molar-refractivity contribution in [3.05, 3.63) is 18.2 Å². The van der Waals surface area contributed by atoms with E-state index in [2.05, 4.69) is 4.90 Å². The fourth-order valence-corrected chi connectivity index (χ4v) is 3.34. The molecule has 1 unspecified atom stereocenters. The molecule has 2 aliphatic rings. The van der Waals surface area contributed by atoms with Crippen molar-refractivity contribution in [2.45, 2.75) is 13.0 Å². The molecule has 0 aliphatic carbocycles. The maximum Gasteiger partial charge on any atom is 0.407 e. The van der Waals surface area contributed by atoms with E-state index in [1.165, 1.54) is 4.90 Å². The summed E-state index contributed by atoms with van der Waals surface area (Å²) in [4.78, 5) is 28.8. The highest BCUT2D eigenvalue weighted by Crippen LogP contribution is 2.36. The molecule has 25 heavy (non-hydrogen) atoms. The summed E-state index contributed by atoms with van der Waals surface area (Å²) >= 11 is 0. The van der Waals surface area contributed by atoms with Crippen LogP contribution in [0.4, 0.5) is 10.5 Å². The van der Waals surface area contributed by atoms with E-state index in [1.54, 1.807) is 12.0 Å². The summed E-state index contributed by atoms with van der Waals surface area (Å²) in [6.07, 6.45) is -0.878. The average molecular weight is 349 g/mol. The molecule has 2 heterocycles. The third-order valence-corrected chi connectivity index (χ3v) is 4.65. The van der Waals surface area contributed by atoms with E-state index in [1.807, 2.05) is 25.1 Å². The number of ether oxygens (including phenoxy) is 2. The van der Waals surface area contributed by atoms with E-state index >= 15 is 0 Å². The molecule has 0 saturated carbocycles. The zero-order valence-electron chi connectivity index (χ0n) is 14.5. The molecule has 1 aromatic carbocycles. The number of hydrogen-bond donors (Lipinski definition) is 1. The predicted molar refractivity (Wildman–Crippen MR) is 91.5 cm³/mol. The van der Waals surface area contributed by atoms with Crippen LogP contribution in [0.2, 0.25) is 0 Å². The van der Waals surface area contributed by atoms with Gasteiger partial charge in [0.1, 0.15) is 11.5 Å². The van der Waals surface area contributed by atoms with Crippen LogP contribution < -0.4 is 14.4 Å². The predicted octanol–water partition coefficient (Wildman–Crippen LogP) is 1.10. The lowest BCUT2D eigenvalue weighted by atomic mass is 10.1. The van der Waals surface area contributed by atoms with Gasteiger partial charge < -0.3 is 24.4 Å². The maximum absolute atomic E-state index is 12.4. The normalized spacial score (nSPS) is 19.2. The van der Waals surface area contributed by atoms with Crippen LogP contribution in [0.3, 0.4) is 0 Å². The number of amides is 2. The smallest absolute Gasteiger partial charge is 0.407 e. The zero-order chi connectivity index (χ0) is 18.0. The van der Waals surface area contributed by atoms with Gasteiger partial charge in [-0.05, 0) is 19.1 Å². The number of fused-ring (bicyclic) bond motifs is 1. The number of piperazine rings is 1. The number of hydrogen-bond acceptors (Lipinski definition) is 5. The lowest BCUT2D eigenvalue weighted by Crippen LogP contribution is -2.54. The van der Waals surface area contributed by atoms with Gasteiger partial charge in [0.15, 0.2) is 6.61 Å². The Morgan fingerprint density at radius 1 is 1.32 bits per heavy atom. The van der Waals surface area contributed by atoms with E-state index < -0.39 is 6.09 Å². The second kappa shape index (κ2) is 7.18. The molecule has 8 nitrogen and oxygen atoms in total. The lowest BCUT2D eigenvalue weighted by Gasteiger charge is -2.39. The van der Waals surface area contributed by atoms with Gasteiger partial charge >= 0.3 is 6.09 Å². The molecular weight excluding hydrogens is 326 g/mol. The molecule has 1 N–H and O–H groups in total. The van der Waals surface area contributed by atoms with Gasteiger partial charge in [-0.1, -0.05) is 0 Å². The number of carbonyl (C=O) groups is 2. The van der Waals surface area contributed by atoms with Gasteiger partial charge in [0, 0.05) is 44.8 Å². The van der Waals surface area contributed by atoms with Crippen molar-refractivity contribution in [1.82, 2.24) is 9.80 Å². The van der Waals surface area contributed by atoms with E-state index in [-0.39, 0.29) is 18.6 Å². The molecule has 0 aromatic heterocycles. The Kier molecular flexibility index (Phi) is 4.98. The minimum atomic E-state index is -0.878. The lowest BCUT2D eigenvalue weighted by molar-refractivity contribution is -0.121. The van der Waals surface area contributed by atoms with Crippen LogP contribution in [0.25, 0.3) is 0 Å². The van der Waals surface area contributed by atoms with Crippen LogP contribution >= 0.6 is 0 Å². The van der Waals surface area contributed by atoms with E-state index in [0.29, 0.717) is 49.9 Å². The molecule has 8 heteroatoms. The third kappa shape index (κ3) is 3.63. The maximum atomic E-state index is 12.4. The number of benzene rings is 1. The van der Waals surface area contributed by atoms with Crippen molar-refractivity contribution in [1.29, 1.82) is 0 Å². The average Bonchev–Trinajstić information content (AvgIpc) is 2.61. The minimum absolute atomic E-state index is 0.0243. The Labute approximate surface area is 146 Å². The molecule has 0 radical (unpaired) electrons. The Balaban J connectivity index is 1.71. The Morgan fingerprint density at radius 2 is 2.04 bits per heavy atom. The number of anilines is 1. The van der Waals surface area contributed by atoms with Gasteiger partial charge in [-0.3, -0.25) is 9.69 Å². The highest BCUT2D eigenvalue weighted by Gasteiger charge is 2.31. The standard InChI is InChI=1S/C17H23N3O5/c1-12(10-18-5-7-19(8-6-18)17(22)23)20-14-9-13(24-2)3-4-15(14)25-11-16(20)21/h3-4,9,12H,5-8,10-11H2,1-2H3,(H,22,23). The SMILES string of the molecule is COc1ccc2c(c1)N(C(C)CN1CCN(C(=O)O)CC1)C(=O)CO2. The summed E-state index contributed by atoms with van der Waals surface area (Å²) in [6, 6.07) is 5.37. The van der Waals surface area contributed by atoms with Crippen molar-refractivity contribution in [3.8, 4) is 11.5 Å². The second-order valence-electron chi connectivity index (χ2n) is 6.31. The topological polar surface area (TPSA) is 82.5 Å². The number of rotatable bonds is 4.